The second kappa shape index (κ2) is 7.62. The first-order chi connectivity index (χ1) is 11.6. The number of nitrogens with one attached hydrogen (secondary N) is 1. The molecule has 1 saturated heterocycles. The third-order valence-electron chi connectivity index (χ3n) is 5.54. The van der Waals surface area contributed by atoms with E-state index >= 15 is 0 Å². The largest absolute Gasteiger partial charge is 0.392 e. The normalized spacial score (nSPS) is 28.0. The minimum absolute atomic E-state index is 0.0140. The molecule has 1 aromatic rings. The number of amides is 1. The van der Waals surface area contributed by atoms with Crippen LogP contribution in [0.1, 0.15) is 37.7 Å². The van der Waals surface area contributed by atoms with Gasteiger partial charge in [-0.1, -0.05) is 18.6 Å². The Bertz CT molecular complexity index is 556. The topological polar surface area (TPSA) is 58.6 Å². The summed E-state index contributed by atoms with van der Waals surface area (Å²) in [6, 6.07) is 6.43. The SMILES string of the molecule is O=C(NC[C@@]1(Cc2ccc(F)cc2)CCC[C@@H]1O)C1CCOCC1. The van der Waals surface area contributed by atoms with E-state index in [1.54, 1.807) is 12.1 Å². The maximum absolute atomic E-state index is 13.1. The van der Waals surface area contributed by atoms with Crippen LogP contribution in [0.15, 0.2) is 24.3 Å². The molecule has 132 valence electrons. The third kappa shape index (κ3) is 3.95. The molecule has 0 spiro atoms. The number of hydrogen-bond acceptors (Lipinski definition) is 3. The molecular formula is C19H26FNO3. The zero-order valence-corrected chi connectivity index (χ0v) is 14.0. The van der Waals surface area contributed by atoms with E-state index in [1.807, 2.05) is 0 Å². The van der Waals surface area contributed by atoms with Crippen molar-refractivity contribution in [3.05, 3.63) is 35.6 Å². The molecule has 0 unspecified atom stereocenters. The van der Waals surface area contributed by atoms with Crippen molar-refractivity contribution in [3.63, 3.8) is 0 Å². The monoisotopic (exact) mass is 335 g/mol. The van der Waals surface area contributed by atoms with Crippen molar-refractivity contribution in [1.29, 1.82) is 0 Å². The summed E-state index contributed by atoms with van der Waals surface area (Å²) in [6.45, 7) is 1.75. The fourth-order valence-corrected chi connectivity index (χ4v) is 3.97. The van der Waals surface area contributed by atoms with Gasteiger partial charge in [0.15, 0.2) is 0 Å². The van der Waals surface area contributed by atoms with E-state index in [2.05, 4.69) is 5.32 Å². The number of hydrogen-bond donors (Lipinski definition) is 2. The molecule has 2 aliphatic rings. The molecule has 3 rings (SSSR count). The van der Waals surface area contributed by atoms with Gasteiger partial charge in [-0.2, -0.15) is 0 Å². The number of ether oxygens (including phenoxy) is 1. The van der Waals surface area contributed by atoms with Gasteiger partial charge in [0.05, 0.1) is 6.10 Å². The van der Waals surface area contributed by atoms with Crippen molar-refractivity contribution in [2.45, 2.75) is 44.6 Å². The van der Waals surface area contributed by atoms with Gasteiger partial charge in [0.25, 0.3) is 0 Å². The highest BCUT2D eigenvalue weighted by molar-refractivity contribution is 5.78. The molecular weight excluding hydrogens is 309 g/mol. The average molecular weight is 335 g/mol. The molecule has 1 saturated carbocycles. The van der Waals surface area contributed by atoms with Gasteiger partial charge in [-0.3, -0.25) is 4.79 Å². The van der Waals surface area contributed by atoms with Crippen LogP contribution in [0.2, 0.25) is 0 Å². The van der Waals surface area contributed by atoms with Gasteiger partial charge in [0, 0.05) is 31.1 Å². The third-order valence-corrected chi connectivity index (χ3v) is 5.54. The molecule has 1 aliphatic heterocycles. The Morgan fingerprint density at radius 2 is 1.96 bits per heavy atom. The lowest BCUT2D eigenvalue weighted by Gasteiger charge is -2.34. The number of halogens is 1. The number of aliphatic hydroxyl groups is 1. The van der Waals surface area contributed by atoms with Gasteiger partial charge >= 0.3 is 0 Å². The van der Waals surface area contributed by atoms with E-state index in [0.717, 1.165) is 37.7 Å². The first-order valence-electron chi connectivity index (χ1n) is 8.87. The van der Waals surface area contributed by atoms with Gasteiger partial charge in [-0.15, -0.1) is 0 Å². The fourth-order valence-electron chi connectivity index (χ4n) is 3.97. The highest BCUT2D eigenvalue weighted by Crippen LogP contribution is 2.41. The summed E-state index contributed by atoms with van der Waals surface area (Å²) >= 11 is 0. The summed E-state index contributed by atoms with van der Waals surface area (Å²) in [6.07, 6.45) is 4.34. The summed E-state index contributed by atoms with van der Waals surface area (Å²) in [5.74, 6) is -0.177. The van der Waals surface area contributed by atoms with Crippen LogP contribution in [-0.2, 0) is 16.0 Å². The van der Waals surface area contributed by atoms with Gasteiger partial charge in [0.2, 0.25) is 5.91 Å². The molecule has 1 amide bonds. The maximum atomic E-state index is 13.1. The number of benzene rings is 1. The van der Waals surface area contributed by atoms with Crippen LogP contribution < -0.4 is 5.32 Å². The predicted octanol–water partition coefficient (Wildman–Crippen LogP) is 2.44. The van der Waals surface area contributed by atoms with Crippen LogP contribution >= 0.6 is 0 Å². The van der Waals surface area contributed by atoms with Crippen molar-refractivity contribution in [2.75, 3.05) is 19.8 Å². The second-order valence-electron chi connectivity index (χ2n) is 7.18. The minimum Gasteiger partial charge on any atom is -0.392 e. The van der Waals surface area contributed by atoms with E-state index in [1.165, 1.54) is 12.1 Å². The molecule has 2 fully saturated rings. The highest BCUT2D eigenvalue weighted by Gasteiger charge is 2.42. The molecule has 2 N–H and O–H groups in total. The Hall–Kier alpha value is -1.46. The smallest absolute Gasteiger partial charge is 0.223 e. The van der Waals surface area contributed by atoms with Crippen LogP contribution in [0.3, 0.4) is 0 Å². The minimum atomic E-state index is -0.433. The van der Waals surface area contributed by atoms with Gasteiger partial charge < -0.3 is 15.2 Å². The molecule has 0 aromatic heterocycles. The van der Waals surface area contributed by atoms with Crippen LogP contribution in [0.5, 0.6) is 0 Å². The van der Waals surface area contributed by atoms with Crippen LogP contribution in [0.4, 0.5) is 4.39 Å². The highest BCUT2D eigenvalue weighted by atomic mass is 19.1. The van der Waals surface area contributed by atoms with E-state index in [4.69, 9.17) is 4.74 Å². The molecule has 2 atom stereocenters. The molecule has 4 nitrogen and oxygen atoms in total. The standard InChI is InChI=1S/C19H26FNO3/c20-16-5-3-14(4-6-16)12-19(9-1-2-17(19)22)13-21-18(23)15-7-10-24-11-8-15/h3-6,15,17,22H,1-2,7-13H2,(H,21,23)/t17-,19-/m0/s1. The Morgan fingerprint density at radius 1 is 1.25 bits per heavy atom. The quantitative estimate of drug-likeness (QED) is 0.869. The molecule has 1 heterocycles. The van der Waals surface area contributed by atoms with Crippen molar-refractivity contribution < 1.29 is 19.0 Å². The van der Waals surface area contributed by atoms with E-state index in [0.29, 0.717) is 26.2 Å². The second-order valence-corrected chi connectivity index (χ2v) is 7.18. The Labute approximate surface area is 142 Å². The van der Waals surface area contributed by atoms with Gasteiger partial charge in [0.1, 0.15) is 5.82 Å². The molecule has 0 radical (unpaired) electrons. The Kier molecular flexibility index (Phi) is 5.51. The van der Waals surface area contributed by atoms with Crippen molar-refractivity contribution in [3.8, 4) is 0 Å². The zero-order valence-electron chi connectivity index (χ0n) is 14.0. The Balaban J connectivity index is 1.65. The fraction of sp³-hybridized carbons (Fsp3) is 0.632. The number of carbonyl (C=O) groups excluding carboxylic acids is 1. The van der Waals surface area contributed by atoms with Crippen LogP contribution in [-0.4, -0.2) is 36.9 Å². The van der Waals surface area contributed by atoms with E-state index < -0.39 is 6.10 Å². The molecule has 1 aromatic carbocycles. The first kappa shape index (κ1) is 17.4. The van der Waals surface area contributed by atoms with Crippen LogP contribution in [0.25, 0.3) is 0 Å². The number of rotatable bonds is 5. The lowest BCUT2D eigenvalue weighted by molar-refractivity contribution is -0.128. The van der Waals surface area contributed by atoms with Crippen LogP contribution in [0, 0.1) is 17.2 Å². The molecule has 24 heavy (non-hydrogen) atoms. The molecule has 1 aliphatic carbocycles. The maximum Gasteiger partial charge on any atom is 0.223 e. The average Bonchev–Trinajstić information content (AvgIpc) is 2.96. The summed E-state index contributed by atoms with van der Waals surface area (Å²) in [4.78, 5) is 12.4. The lowest BCUT2D eigenvalue weighted by atomic mass is 9.78. The first-order valence-corrected chi connectivity index (χ1v) is 8.87. The lowest BCUT2D eigenvalue weighted by Crippen LogP contribution is -2.46. The summed E-state index contributed by atoms with van der Waals surface area (Å²) in [5.41, 5.74) is 0.649. The predicted molar refractivity (Wildman–Crippen MR) is 88.9 cm³/mol. The van der Waals surface area contributed by atoms with Crippen molar-refractivity contribution in [1.82, 2.24) is 5.32 Å². The van der Waals surface area contributed by atoms with Gasteiger partial charge in [-0.25, -0.2) is 4.39 Å². The zero-order chi connectivity index (χ0) is 17.0. The number of aliphatic hydroxyl groups excluding tert-OH is 1. The summed E-state index contributed by atoms with van der Waals surface area (Å²) in [7, 11) is 0. The van der Waals surface area contributed by atoms with E-state index in [9.17, 15) is 14.3 Å². The Morgan fingerprint density at radius 3 is 2.58 bits per heavy atom. The van der Waals surface area contributed by atoms with Crippen molar-refractivity contribution in [2.24, 2.45) is 11.3 Å². The van der Waals surface area contributed by atoms with Crippen molar-refractivity contribution >= 4 is 5.91 Å². The summed E-state index contributed by atoms with van der Waals surface area (Å²) < 4.78 is 18.4. The molecule has 0 bridgehead atoms. The van der Waals surface area contributed by atoms with Gasteiger partial charge in [-0.05, 0) is 49.8 Å². The van der Waals surface area contributed by atoms with E-state index in [-0.39, 0.29) is 23.1 Å². The number of carbonyl (C=O) groups is 1. The summed E-state index contributed by atoms with van der Waals surface area (Å²) in [5, 5.41) is 13.6. The molecule has 5 heteroatoms.